The Hall–Kier alpha value is -3.80. The summed E-state index contributed by atoms with van der Waals surface area (Å²) >= 11 is 0. The summed E-state index contributed by atoms with van der Waals surface area (Å²) in [4.78, 5) is 20.1. The molecule has 1 amide bonds. The number of imidazole rings is 1. The first-order chi connectivity index (χ1) is 12.6. The Labute approximate surface area is 149 Å². The van der Waals surface area contributed by atoms with Gasteiger partial charge in [-0.25, -0.2) is 4.98 Å². The topological polar surface area (TPSA) is 104 Å². The second-order valence-corrected chi connectivity index (χ2v) is 5.94. The summed E-state index contributed by atoms with van der Waals surface area (Å²) in [7, 11) is 0. The van der Waals surface area contributed by atoms with E-state index in [-0.39, 0.29) is 11.7 Å². The molecule has 0 aliphatic carbocycles. The van der Waals surface area contributed by atoms with Crippen LogP contribution in [-0.4, -0.2) is 21.0 Å². The summed E-state index contributed by atoms with van der Waals surface area (Å²) in [6.07, 6.45) is 0. The summed E-state index contributed by atoms with van der Waals surface area (Å²) in [5.41, 5.74) is 9.93. The van der Waals surface area contributed by atoms with Crippen LogP contribution in [0.2, 0.25) is 0 Å². The number of H-pyrrole nitrogens is 1. The number of benzene rings is 3. The van der Waals surface area contributed by atoms with E-state index in [9.17, 15) is 9.90 Å². The molecule has 0 unspecified atom stereocenters. The first kappa shape index (κ1) is 15.7. The van der Waals surface area contributed by atoms with E-state index in [0.29, 0.717) is 22.8 Å². The van der Waals surface area contributed by atoms with Gasteiger partial charge < -0.3 is 21.1 Å². The number of hydrogen-bond acceptors (Lipinski definition) is 4. The maximum atomic E-state index is 12.3. The SMILES string of the molecule is Nc1ccc(C(=O)Nc2ccc3nc(-c4ccc(O)cc4)[nH]c3c2)cc1. The van der Waals surface area contributed by atoms with Crippen LogP contribution in [0.15, 0.2) is 66.7 Å². The van der Waals surface area contributed by atoms with Crippen molar-refractivity contribution in [3.8, 4) is 17.1 Å². The van der Waals surface area contributed by atoms with Crippen LogP contribution in [0, 0.1) is 0 Å². The number of amides is 1. The van der Waals surface area contributed by atoms with Gasteiger partial charge in [-0.05, 0) is 66.7 Å². The fourth-order valence-corrected chi connectivity index (χ4v) is 2.68. The maximum absolute atomic E-state index is 12.3. The molecule has 0 fully saturated rings. The molecule has 26 heavy (non-hydrogen) atoms. The molecule has 1 heterocycles. The summed E-state index contributed by atoms with van der Waals surface area (Å²) in [5.74, 6) is 0.696. The number of nitrogens with zero attached hydrogens (tertiary/aromatic N) is 1. The number of nitrogens with one attached hydrogen (secondary N) is 2. The number of rotatable bonds is 3. The Morgan fingerprint density at radius 2 is 1.73 bits per heavy atom. The van der Waals surface area contributed by atoms with Crippen molar-refractivity contribution in [3.05, 3.63) is 72.3 Å². The van der Waals surface area contributed by atoms with Crippen molar-refractivity contribution in [3.63, 3.8) is 0 Å². The first-order valence-electron chi connectivity index (χ1n) is 8.04. The van der Waals surface area contributed by atoms with Crippen LogP contribution in [0.1, 0.15) is 10.4 Å². The third-order valence-corrected chi connectivity index (χ3v) is 4.05. The molecule has 0 atom stereocenters. The summed E-state index contributed by atoms with van der Waals surface area (Å²) in [5, 5.41) is 12.3. The molecule has 0 aliphatic rings. The van der Waals surface area contributed by atoms with Crippen molar-refractivity contribution >= 4 is 28.3 Å². The van der Waals surface area contributed by atoms with Gasteiger partial charge in [-0.2, -0.15) is 0 Å². The van der Waals surface area contributed by atoms with E-state index in [1.54, 1.807) is 54.6 Å². The summed E-state index contributed by atoms with van der Waals surface area (Å²) < 4.78 is 0. The van der Waals surface area contributed by atoms with Gasteiger partial charge in [0.05, 0.1) is 11.0 Å². The van der Waals surface area contributed by atoms with Gasteiger partial charge in [0.2, 0.25) is 0 Å². The zero-order valence-corrected chi connectivity index (χ0v) is 13.7. The molecule has 0 saturated heterocycles. The van der Waals surface area contributed by atoms with Gasteiger partial charge in [0.15, 0.2) is 0 Å². The van der Waals surface area contributed by atoms with Gasteiger partial charge in [0.25, 0.3) is 5.91 Å². The second kappa shape index (κ2) is 6.25. The van der Waals surface area contributed by atoms with E-state index in [1.165, 1.54) is 0 Å². The number of aromatic nitrogens is 2. The highest BCUT2D eigenvalue weighted by molar-refractivity contribution is 6.05. The molecule has 1 aromatic heterocycles. The Morgan fingerprint density at radius 1 is 1.00 bits per heavy atom. The maximum Gasteiger partial charge on any atom is 0.255 e. The molecule has 0 spiro atoms. The van der Waals surface area contributed by atoms with Crippen molar-refractivity contribution < 1.29 is 9.90 Å². The van der Waals surface area contributed by atoms with Crippen LogP contribution in [0.3, 0.4) is 0 Å². The van der Waals surface area contributed by atoms with Crippen LogP contribution in [-0.2, 0) is 0 Å². The van der Waals surface area contributed by atoms with Gasteiger partial charge in [0.1, 0.15) is 11.6 Å². The van der Waals surface area contributed by atoms with E-state index >= 15 is 0 Å². The lowest BCUT2D eigenvalue weighted by Gasteiger charge is -2.05. The third kappa shape index (κ3) is 3.08. The number of carbonyl (C=O) groups is 1. The van der Waals surface area contributed by atoms with Crippen molar-refractivity contribution in [1.82, 2.24) is 9.97 Å². The van der Waals surface area contributed by atoms with Crippen LogP contribution in [0.5, 0.6) is 5.75 Å². The molecule has 128 valence electrons. The highest BCUT2D eigenvalue weighted by atomic mass is 16.3. The fourth-order valence-electron chi connectivity index (χ4n) is 2.68. The van der Waals surface area contributed by atoms with Gasteiger partial charge in [0, 0.05) is 22.5 Å². The number of hydrogen-bond donors (Lipinski definition) is 4. The van der Waals surface area contributed by atoms with Crippen LogP contribution < -0.4 is 11.1 Å². The van der Waals surface area contributed by atoms with Crippen molar-refractivity contribution in [1.29, 1.82) is 0 Å². The van der Waals surface area contributed by atoms with Gasteiger partial charge in [-0.15, -0.1) is 0 Å². The molecular weight excluding hydrogens is 328 g/mol. The van der Waals surface area contributed by atoms with Crippen LogP contribution >= 0.6 is 0 Å². The van der Waals surface area contributed by atoms with E-state index < -0.39 is 0 Å². The Morgan fingerprint density at radius 3 is 2.46 bits per heavy atom. The molecule has 0 radical (unpaired) electrons. The summed E-state index contributed by atoms with van der Waals surface area (Å²) in [6.45, 7) is 0. The predicted molar refractivity (Wildman–Crippen MR) is 102 cm³/mol. The second-order valence-electron chi connectivity index (χ2n) is 5.94. The third-order valence-electron chi connectivity index (χ3n) is 4.05. The number of aromatic amines is 1. The number of nitrogen functional groups attached to an aromatic ring is 1. The Balaban J connectivity index is 1.60. The molecule has 0 saturated carbocycles. The van der Waals surface area contributed by atoms with Gasteiger partial charge in [-0.1, -0.05) is 0 Å². The molecule has 0 aliphatic heterocycles. The predicted octanol–water partition coefficient (Wildman–Crippen LogP) is 3.77. The molecule has 6 nitrogen and oxygen atoms in total. The quantitative estimate of drug-likeness (QED) is 0.425. The molecule has 4 rings (SSSR count). The number of phenolic OH excluding ortho intramolecular Hbond substituents is 1. The Bertz CT molecular complexity index is 1080. The van der Waals surface area contributed by atoms with E-state index in [2.05, 4.69) is 15.3 Å². The molecule has 3 aromatic carbocycles. The minimum absolute atomic E-state index is 0.206. The van der Waals surface area contributed by atoms with Crippen molar-refractivity contribution in [2.75, 3.05) is 11.1 Å². The molecular formula is C20H16N4O2. The number of fused-ring (bicyclic) bond motifs is 1. The number of aromatic hydroxyl groups is 1. The highest BCUT2D eigenvalue weighted by Gasteiger charge is 2.09. The smallest absolute Gasteiger partial charge is 0.255 e. The highest BCUT2D eigenvalue weighted by Crippen LogP contribution is 2.24. The van der Waals surface area contributed by atoms with Crippen LogP contribution in [0.4, 0.5) is 11.4 Å². The lowest BCUT2D eigenvalue weighted by atomic mass is 10.2. The lowest BCUT2D eigenvalue weighted by molar-refractivity contribution is 0.102. The normalized spacial score (nSPS) is 10.8. The molecule has 0 bridgehead atoms. The molecule has 5 N–H and O–H groups in total. The van der Waals surface area contributed by atoms with E-state index in [4.69, 9.17) is 5.73 Å². The molecule has 6 heteroatoms. The van der Waals surface area contributed by atoms with Gasteiger partial charge >= 0.3 is 0 Å². The van der Waals surface area contributed by atoms with Crippen molar-refractivity contribution in [2.45, 2.75) is 0 Å². The molecule has 4 aromatic rings. The van der Waals surface area contributed by atoms with Crippen LogP contribution in [0.25, 0.3) is 22.4 Å². The zero-order chi connectivity index (χ0) is 18.1. The zero-order valence-electron chi connectivity index (χ0n) is 13.7. The number of phenols is 1. The average Bonchev–Trinajstić information content (AvgIpc) is 3.06. The van der Waals surface area contributed by atoms with E-state index in [0.717, 1.165) is 16.6 Å². The minimum atomic E-state index is -0.206. The van der Waals surface area contributed by atoms with E-state index in [1.807, 2.05) is 12.1 Å². The first-order valence-corrected chi connectivity index (χ1v) is 8.04. The summed E-state index contributed by atoms with van der Waals surface area (Å²) in [6, 6.07) is 19.0. The van der Waals surface area contributed by atoms with Crippen molar-refractivity contribution in [2.24, 2.45) is 0 Å². The number of nitrogens with two attached hydrogens (primary N) is 1. The monoisotopic (exact) mass is 344 g/mol. The fraction of sp³-hybridized carbons (Fsp3) is 0. The number of carbonyl (C=O) groups excluding carboxylic acids is 1. The largest absolute Gasteiger partial charge is 0.508 e. The average molecular weight is 344 g/mol. The lowest BCUT2D eigenvalue weighted by Crippen LogP contribution is -2.11. The number of anilines is 2. The Kier molecular flexibility index (Phi) is 3.78. The standard InChI is InChI=1S/C20H16N4O2/c21-14-5-1-13(2-6-14)20(26)22-15-7-10-17-18(11-15)24-19(23-17)12-3-8-16(25)9-4-12/h1-11,25H,21H2,(H,22,26)(H,23,24). The minimum Gasteiger partial charge on any atom is -0.508 e. The van der Waals surface area contributed by atoms with Gasteiger partial charge in [-0.3, -0.25) is 4.79 Å².